The fourth-order valence-electron chi connectivity index (χ4n) is 1.04. The Hall–Kier alpha value is 0.540. The van der Waals surface area contributed by atoms with Gasteiger partial charge in [0.15, 0.2) is 0 Å². The summed E-state index contributed by atoms with van der Waals surface area (Å²) in [6.45, 7) is 2.01. The minimum atomic E-state index is 0. The first-order chi connectivity index (χ1) is 3.80. The van der Waals surface area contributed by atoms with Gasteiger partial charge in [0.1, 0.15) is 0 Å². The first-order valence-corrected chi connectivity index (χ1v) is 3.18. The van der Waals surface area contributed by atoms with Crippen molar-refractivity contribution in [1.29, 1.82) is 0 Å². The van der Waals surface area contributed by atoms with Crippen LogP contribution in [-0.2, 0) is 0 Å². The van der Waals surface area contributed by atoms with Crippen molar-refractivity contribution in [3.8, 4) is 0 Å². The summed E-state index contributed by atoms with van der Waals surface area (Å²) < 4.78 is 0. The average Bonchev–Trinajstić information content (AvgIpc) is 1.77. The third kappa shape index (κ3) is 2.74. The molecule has 0 aromatic heterocycles. The van der Waals surface area contributed by atoms with E-state index in [-0.39, 0.29) is 29.6 Å². The van der Waals surface area contributed by atoms with Crippen LogP contribution in [0.1, 0.15) is 32.6 Å². The van der Waals surface area contributed by atoms with Crippen LogP contribution < -0.4 is 0 Å². The zero-order valence-corrected chi connectivity index (χ0v) is 5.28. The van der Waals surface area contributed by atoms with Gasteiger partial charge in [0.25, 0.3) is 0 Å². The molecule has 0 saturated heterocycles. The SMILES string of the molecule is CC1=C(O)CCCC1.[NaH]. The normalized spacial score (nSPS) is 19.2. The maximum absolute atomic E-state index is 9.06. The van der Waals surface area contributed by atoms with Gasteiger partial charge in [0.2, 0.25) is 0 Å². The Bertz CT molecular complexity index is 104. The van der Waals surface area contributed by atoms with Crippen LogP contribution in [0.2, 0.25) is 0 Å². The molecule has 1 N–H and O–H groups in total. The molecule has 0 heterocycles. The van der Waals surface area contributed by atoms with E-state index in [0.717, 1.165) is 12.8 Å². The fourth-order valence-corrected chi connectivity index (χ4v) is 1.04. The third-order valence-electron chi connectivity index (χ3n) is 1.71. The van der Waals surface area contributed by atoms with Crippen molar-refractivity contribution in [2.45, 2.75) is 32.6 Å². The van der Waals surface area contributed by atoms with Gasteiger partial charge in [-0.3, -0.25) is 0 Å². The Morgan fingerprint density at radius 3 is 2.11 bits per heavy atom. The van der Waals surface area contributed by atoms with Crippen LogP contribution in [0.4, 0.5) is 0 Å². The van der Waals surface area contributed by atoms with Crippen molar-refractivity contribution in [3.63, 3.8) is 0 Å². The van der Waals surface area contributed by atoms with Crippen molar-refractivity contribution < 1.29 is 5.11 Å². The van der Waals surface area contributed by atoms with Crippen LogP contribution in [0.15, 0.2) is 11.3 Å². The van der Waals surface area contributed by atoms with Crippen molar-refractivity contribution in [1.82, 2.24) is 0 Å². The van der Waals surface area contributed by atoms with Crippen LogP contribution >= 0.6 is 0 Å². The molecule has 0 aromatic carbocycles. The first-order valence-electron chi connectivity index (χ1n) is 3.18. The number of allylic oxidation sites excluding steroid dienone is 2. The number of aliphatic hydroxyl groups is 1. The topological polar surface area (TPSA) is 20.2 Å². The molecule has 0 unspecified atom stereocenters. The van der Waals surface area contributed by atoms with E-state index in [9.17, 15) is 0 Å². The van der Waals surface area contributed by atoms with Crippen molar-refractivity contribution in [2.75, 3.05) is 0 Å². The summed E-state index contributed by atoms with van der Waals surface area (Å²) in [5.41, 5.74) is 1.19. The van der Waals surface area contributed by atoms with E-state index in [2.05, 4.69) is 0 Å². The van der Waals surface area contributed by atoms with Crippen molar-refractivity contribution in [3.05, 3.63) is 11.3 Å². The zero-order chi connectivity index (χ0) is 5.98. The van der Waals surface area contributed by atoms with Crippen LogP contribution in [0, 0.1) is 0 Å². The van der Waals surface area contributed by atoms with Gasteiger partial charge in [-0.25, -0.2) is 0 Å². The molecule has 0 atom stereocenters. The van der Waals surface area contributed by atoms with E-state index in [0.29, 0.717) is 5.76 Å². The molecule has 0 amide bonds. The minimum absolute atomic E-state index is 0. The van der Waals surface area contributed by atoms with E-state index in [1.54, 1.807) is 0 Å². The van der Waals surface area contributed by atoms with E-state index in [1.165, 1.54) is 18.4 Å². The van der Waals surface area contributed by atoms with Gasteiger partial charge in [-0.1, -0.05) is 0 Å². The predicted octanol–water partition coefficient (Wildman–Crippen LogP) is 1.74. The van der Waals surface area contributed by atoms with E-state index >= 15 is 0 Å². The van der Waals surface area contributed by atoms with Crippen LogP contribution in [0.3, 0.4) is 0 Å². The molecule has 0 saturated carbocycles. The second-order valence-corrected chi connectivity index (χ2v) is 2.43. The van der Waals surface area contributed by atoms with Crippen LogP contribution in [-0.4, -0.2) is 34.7 Å². The monoisotopic (exact) mass is 136 g/mol. The van der Waals surface area contributed by atoms with Gasteiger partial charge in [0.05, 0.1) is 5.76 Å². The fraction of sp³-hybridized carbons (Fsp3) is 0.714. The molecule has 1 aliphatic rings. The van der Waals surface area contributed by atoms with Crippen LogP contribution in [0.5, 0.6) is 0 Å². The summed E-state index contributed by atoms with van der Waals surface area (Å²) in [4.78, 5) is 0. The molecular formula is C7H13NaO. The molecule has 1 rings (SSSR count). The third-order valence-corrected chi connectivity index (χ3v) is 1.71. The second kappa shape index (κ2) is 4.37. The second-order valence-electron chi connectivity index (χ2n) is 2.43. The Balaban J connectivity index is 0.000000640. The Labute approximate surface area is 78.4 Å². The summed E-state index contributed by atoms with van der Waals surface area (Å²) in [5.74, 6) is 0.635. The molecule has 9 heavy (non-hydrogen) atoms. The van der Waals surface area contributed by atoms with Gasteiger partial charge < -0.3 is 5.11 Å². The number of rotatable bonds is 0. The summed E-state index contributed by atoms with van der Waals surface area (Å²) in [6, 6.07) is 0. The number of aliphatic hydroxyl groups excluding tert-OH is 1. The van der Waals surface area contributed by atoms with Crippen LogP contribution in [0.25, 0.3) is 0 Å². The molecule has 2 heteroatoms. The van der Waals surface area contributed by atoms with Gasteiger partial charge in [-0.05, 0) is 31.8 Å². The standard InChI is InChI=1S/C7H12O.Na.H/c1-6-4-2-3-5-7(6)8;;/h8H,2-5H2,1H3;;. The van der Waals surface area contributed by atoms with E-state index < -0.39 is 0 Å². The van der Waals surface area contributed by atoms with Gasteiger partial charge in [-0.2, -0.15) is 0 Å². The van der Waals surface area contributed by atoms with Crippen molar-refractivity contribution in [2.24, 2.45) is 0 Å². The number of hydrogen-bond donors (Lipinski definition) is 1. The average molecular weight is 136 g/mol. The predicted molar refractivity (Wildman–Crippen MR) is 40.9 cm³/mol. The van der Waals surface area contributed by atoms with Gasteiger partial charge >= 0.3 is 29.6 Å². The quantitative estimate of drug-likeness (QED) is 0.503. The molecule has 0 aliphatic heterocycles. The molecule has 1 nitrogen and oxygen atoms in total. The number of hydrogen-bond acceptors (Lipinski definition) is 1. The first kappa shape index (κ1) is 9.54. The molecular weight excluding hydrogens is 123 g/mol. The van der Waals surface area contributed by atoms with Gasteiger partial charge in [0, 0.05) is 6.42 Å². The molecule has 0 bridgehead atoms. The molecule has 0 aromatic rings. The van der Waals surface area contributed by atoms with E-state index in [1.807, 2.05) is 6.92 Å². The molecule has 48 valence electrons. The summed E-state index contributed by atoms with van der Waals surface area (Å²) in [6.07, 6.45) is 4.44. The maximum atomic E-state index is 9.06. The molecule has 1 aliphatic carbocycles. The van der Waals surface area contributed by atoms with Gasteiger partial charge in [-0.15, -0.1) is 0 Å². The Morgan fingerprint density at radius 2 is 1.78 bits per heavy atom. The molecule has 0 radical (unpaired) electrons. The van der Waals surface area contributed by atoms with E-state index in [4.69, 9.17) is 5.11 Å². The molecule has 0 spiro atoms. The zero-order valence-electron chi connectivity index (χ0n) is 5.28. The summed E-state index contributed by atoms with van der Waals surface area (Å²) in [7, 11) is 0. The summed E-state index contributed by atoms with van der Waals surface area (Å²) in [5, 5.41) is 9.06. The Morgan fingerprint density at radius 1 is 1.22 bits per heavy atom. The Kier molecular flexibility index (Phi) is 4.63. The molecule has 0 fully saturated rings. The van der Waals surface area contributed by atoms with Crippen molar-refractivity contribution >= 4 is 29.6 Å². The summed E-state index contributed by atoms with van der Waals surface area (Å²) >= 11 is 0.